The number of nitrogens with zero attached hydrogens (tertiary/aromatic N) is 3. The van der Waals surface area contributed by atoms with Crippen molar-refractivity contribution in [2.24, 2.45) is 5.73 Å². The summed E-state index contributed by atoms with van der Waals surface area (Å²) in [7, 11) is 0. The zero-order chi connectivity index (χ0) is 25.3. The van der Waals surface area contributed by atoms with Gasteiger partial charge >= 0.3 is 0 Å². The zero-order valence-corrected chi connectivity index (χ0v) is 20.3. The number of imidazole rings is 1. The van der Waals surface area contributed by atoms with Gasteiger partial charge in [-0.2, -0.15) is 0 Å². The van der Waals surface area contributed by atoms with Crippen molar-refractivity contribution >= 4 is 28.4 Å². The third-order valence-corrected chi connectivity index (χ3v) is 6.46. The number of hydrogen-bond acceptors (Lipinski definition) is 4. The second-order valence-corrected chi connectivity index (χ2v) is 9.07. The van der Waals surface area contributed by atoms with E-state index in [4.69, 9.17) is 5.73 Å². The molecule has 188 valence electrons. The number of primary amides is 1. The van der Waals surface area contributed by atoms with Crippen LogP contribution in [0.1, 0.15) is 54.2 Å². The van der Waals surface area contributed by atoms with Crippen LogP contribution in [0.5, 0.6) is 0 Å². The maximum absolute atomic E-state index is 12.5. The van der Waals surface area contributed by atoms with Crippen LogP contribution < -0.4 is 11.1 Å². The Labute approximate surface area is 210 Å². The van der Waals surface area contributed by atoms with Gasteiger partial charge in [-0.05, 0) is 54.8 Å². The fourth-order valence-electron chi connectivity index (χ4n) is 4.40. The van der Waals surface area contributed by atoms with E-state index >= 15 is 0 Å². The smallest absolute Gasteiger partial charge is 0.268 e. The lowest BCUT2D eigenvalue weighted by Gasteiger charge is -2.16. The Hall–Kier alpha value is -3.91. The number of aliphatic hydroxyl groups excluding tert-OH is 1. The Bertz CT molecular complexity index is 1300. The molecule has 8 nitrogen and oxygen atoms in total. The number of aliphatic hydroxyl groups is 1. The lowest BCUT2D eigenvalue weighted by Crippen LogP contribution is -2.15. The number of carbonyl (C=O) groups is 2. The zero-order valence-electron chi connectivity index (χ0n) is 20.3. The van der Waals surface area contributed by atoms with Crippen LogP contribution in [0.15, 0.2) is 73.3 Å². The standard InChI is InChI=1S/C28H33N5O3/c29-28(36)25-18-33(20-30-25)24(19-34)14-16-32-15-13-22-11-12-23(17-26(22)32)31-27(35)10-6-2-5-9-21-7-3-1-4-8-21/h1,3-4,7-8,11-13,15,17-18,20,24,34H,2,5-6,9-10,14,16,19H2,(H2,29,36)(H,31,35). The largest absolute Gasteiger partial charge is 0.394 e. The monoisotopic (exact) mass is 487 g/mol. The molecule has 8 heteroatoms. The van der Waals surface area contributed by atoms with Gasteiger partial charge in [-0.25, -0.2) is 4.98 Å². The molecule has 4 aromatic rings. The molecule has 0 saturated heterocycles. The van der Waals surface area contributed by atoms with Crippen molar-refractivity contribution in [1.82, 2.24) is 14.1 Å². The Balaban J connectivity index is 1.29. The van der Waals surface area contributed by atoms with Gasteiger partial charge in [0.1, 0.15) is 5.69 Å². The van der Waals surface area contributed by atoms with E-state index in [1.807, 2.05) is 36.5 Å². The maximum Gasteiger partial charge on any atom is 0.268 e. The predicted molar refractivity (Wildman–Crippen MR) is 141 cm³/mol. The van der Waals surface area contributed by atoms with Crippen LogP contribution in [-0.2, 0) is 17.8 Å². The van der Waals surface area contributed by atoms with E-state index in [1.54, 1.807) is 10.8 Å². The SMILES string of the molecule is NC(=O)c1cn(C(CO)CCn2ccc3ccc(NC(=O)CCCCCc4ccccc4)cc32)cn1. The van der Waals surface area contributed by atoms with Gasteiger partial charge in [0.2, 0.25) is 5.91 Å². The van der Waals surface area contributed by atoms with Crippen LogP contribution in [0.25, 0.3) is 10.9 Å². The number of unbranched alkanes of at least 4 members (excludes halogenated alkanes) is 2. The predicted octanol–water partition coefficient (Wildman–Crippen LogP) is 4.30. The van der Waals surface area contributed by atoms with Crippen molar-refractivity contribution in [2.45, 2.75) is 51.1 Å². The van der Waals surface area contributed by atoms with Crippen LogP contribution in [0.4, 0.5) is 5.69 Å². The molecular weight excluding hydrogens is 454 g/mol. The average molecular weight is 488 g/mol. The van der Waals surface area contributed by atoms with E-state index in [0.29, 0.717) is 19.4 Å². The summed E-state index contributed by atoms with van der Waals surface area (Å²) in [4.78, 5) is 27.8. The fourth-order valence-corrected chi connectivity index (χ4v) is 4.40. The number of benzene rings is 2. The number of hydrogen-bond donors (Lipinski definition) is 3. The van der Waals surface area contributed by atoms with Gasteiger partial charge in [-0.1, -0.05) is 42.8 Å². The first-order valence-corrected chi connectivity index (χ1v) is 12.4. The molecule has 2 aromatic carbocycles. The van der Waals surface area contributed by atoms with Gasteiger partial charge < -0.3 is 25.3 Å². The fraction of sp³-hybridized carbons (Fsp3) is 0.321. The highest BCUT2D eigenvalue weighted by Crippen LogP contribution is 2.23. The molecular formula is C28H33N5O3. The van der Waals surface area contributed by atoms with Crippen LogP contribution in [0.2, 0.25) is 0 Å². The van der Waals surface area contributed by atoms with Crippen molar-refractivity contribution in [3.63, 3.8) is 0 Å². The normalized spacial score (nSPS) is 12.0. The van der Waals surface area contributed by atoms with Gasteiger partial charge in [0.25, 0.3) is 5.91 Å². The molecule has 0 radical (unpaired) electrons. The van der Waals surface area contributed by atoms with Crippen LogP contribution in [0.3, 0.4) is 0 Å². The van der Waals surface area contributed by atoms with Crippen LogP contribution in [-0.4, -0.2) is 37.6 Å². The highest BCUT2D eigenvalue weighted by atomic mass is 16.3. The van der Waals surface area contributed by atoms with E-state index in [-0.39, 0.29) is 24.2 Å². The van der Waals surface area contributed by atoms with Gasteiger partial charge in [0, 0.05) is 31.0 Å². The molecule has 0 aliphatic carbocycles. The molecule has 0 saturated carbocycles. The molecule has 2 aromatic heterocycles. The summed E-state index contributed by atoms with van der Waals surface area (Å²) in [5.74, 6) is -0.568. The van der Waals surface area contributed by atoms with Gasteiger partial charge in [0.15, 0.2) is 0 Å². The molecule has 0 bridgehead atoms. The van der Waals surface area contributed by atoms with Crippen molar-refractivity contribution in [3.8, 4) is 0 Å². The molecule has 0 aliphatic heterocycles. The van der Waals surface area contributed by atoms with Crippen LogP contribution in [0, 0.1) is 0 Å². The van der Waals surface area contributed by atoms with E-state index in [2.05, 4.69) is 39.1 Å². The summed E-state index contributed by atoms with van der Waals surface area (Å²) in [5.41, 5.74) is 8.58. The number of aromatic nitrogens is 3. The quantitative estimate of drug-likeness (QED) is 0.244. The van der Waals surface area contributed by atoms with Gasteiger partial charge in [-0.3, -0.25) is 9.59 Å². The second-order valence-electron chi connectivity index (χ2n) is 9.07. The second kappa shape index (κ2) is 12.2. The van der Waals surface area contributed by atoms with Crippen molar-refractivity contribution in [3.05, 3.63) is 84.6 Å². The minimum absolute atomic E-state index is 0.0258. The summed E-state index contributed by atoms with van der Waals surface area (Å²) in [6, 6.07) is 18.1. The number of aryl methyl sites for hydroxylation is 2. The third-order valence-electron chi connectivity index (χ3n) is 6.46. The molecule has 0 fully saturated rings. The Morgan fingerprint density at radius 1 is 1.06 bits per heavy atom. The van der Waals surface area contributed by atoms with Crippen molar-refractivity contribution in [1.29, 1.82) is 0 Å². The van der Waals surface area contributed by atoms with Crippen molar-refractivity contribution < 1.29 is 14.7 Å². The van der Waals surface area contributed by atoms with E-state index in [9.17, 15) is 14.7 Å². The molecule has 1 atom stereocenters. The first kappa shape index (κ1) is 25.2. The number of nitrogens with two attached hydrogens (primary N) is 1. The molecule has 0 aliphatic rings. The molecule has 2 heterocycles. The molecule has 4 N–H and O–H groups in total. The number of anilines is 1. The summed E-state index contributed by atoms with van der Waals surface area (Å²) < 4.78 is 3.82. The van der Waals surface area contributed by atoms with Gasteiger partial charge in [0.05, 0.1) is 24.5 Å². The minimum atomic E-state index is -0.594. The molecule has 1 unspecified atom stereocenters. The summed E-state index contributed by atoms with van der Waals surface area (Å²) in [5, 5.41) is 14.0. The Morgan fingerprint density at radius 2 is 1.89 bits per heavy atom. The maximum atomic E-state index is 12.5. The van der Waals surface area contributed by atoms with E-state index in [1.165, 1.54) is 11.9 Å². The third kappa shape index (κ3) is 6.60. The molecule has 2 amide bonds. The Morgan fingerprint density at radius 3 is 2.64 bits per heavy atom. The first-order chi connectivity index (χ1) is 17.5. The number of fused-ring (bicyclic) bond motifs is 1. The topological polar surface area (TPSA) is 115 Å². The van der Waals surface area contributed by atoms with Crippen molar-refractivity contribution in [2.75, 3.05) is 11.9 Å². The summed E-state index contributed by atoms with van der Waals surface area (Å²) in [6.07, 6.45) is 10.2. The van der Waals surface area contributed by atoms with E-state index in [0.717, 1.165) is 42.3 Å². The molecule has 4 rings (SSSR count). The average Bonchev–Trinajstić information content (AvgIpc) is 3.53. The highest BCUT2D eigenvalue weighted by molar-refractivity contribution is 5.93. The lowest BCUT2D eigenvalue weighted by atomic mass is 10.1. The number of rotatable bonds is 13. The Kier molecular flexibility index (Phi) is 8.52. The lowest BCUT2D eigenvalue weighted by molar-refractivity contribution is -0.116. The van der Waals surface area contributed by atoms with Gasteiger partial charge in [-0.15, -0.1) is 0 Å². The number of amides is 2. The number of nitrogens with one attached hydrogen (secondary N) is 1. The summed E-state index contributed by atoms with van der Waals surface area (Å²) in [6.45, 7) is 0.568. The highest BCUT2D eigenvalue weighted by Gasteiger charge is 2.14. The molecule has 36 heavy (non-hydrogen) atoms. The minimum Gasteiger partial charge on any atom is -0.394 e. The number of carbonyl (C=O) groups excluding carboxylic acids is 2. The first-order valence-electron chi connectivity index (χ1n) is 12.4. The summed E-state index contributed by atoms with van der Waals surface area (Å²) >= 11 is 0. The van der Waals surface area contributed by atoms with E-state index < -0.39 is 5.91 Å². The van der Waals surface area contributed by atoms with Crippen LogP contribution >= 0.6 is 0 Å². The molecule has 0 spiro atoms.